The number of aliphatic hydroxyl groups excluding tert-OH is 1. The van der Waals surface area contributed by atoms with Gasteiger partial charge in [-0.2, -0.15) is 0 Å². The molecule has 0 heterocycles. The lowest BCUT2D eigenvalue weighted by Crippen LogP contribution is -1.86. The molecule has 0 bridgehead atoms. The summed E-state index contributed by atoms with van der Waals surface area (Å²) in [5.41, 5.74) is 0.881. The van der Waals surface area contributed by atoms with Gasteiger partial charge in [-0.3, -0.25) is 0 Å². The summed E-state index contributed by atoms with van der Waals surface area (Å²) in [6.45, 7) is 4.08. The molecule has 1 N–H and O–H groups in total. The molecule has 0 aliphatic carbocycles. The Kier molecular flexibility index (Phi) is 2.92. The van der Waals surface area contributed by atoms with E-state index in [1.54, 1.807) is 0 Å². The number of hydrogen-bond acceptors (Lipinski definition) is 1. The highest BCUT2D eigenvalue weighted by Gasteiger charge is 1.97. The van der Waals surface area contributed by atoms with Crippen LogP contribution >= 0.6 is 0 Å². The average Bonchev–Trinajstić information content (AvgIpc) is 2.05. The molecule has 0 atom stereocenters. The summed E-state index contributed by atoms with van der Waals surface area (Å²) >= 11 is 0. The van der Waals surface area contributed by atoms with E-state index >= 15 is 0 Å². The van der Waals surface area contributed by atoms with Gasteiger partial charge in [0.25, 0.3) is 0 Å². The second-order valence-electron chi connectivity index (χ2n) is 3.16. The molecule has 0 unspecified atom stereocenters. The normalized spacial score (nSPS) is 12.1. The molecule has 1 aromatic carbocycles. The zero-order chi connectivity index (χ0) is 8.97. The first-order chi connectivity index (χ1) is 5.70. The van der Waals surface area contributed by atoms with Gasteiger partial charge < -0.3 is 5.11 Å². The Morgan fingerprint density at radius 3 is 2.33 bits per heavy atom. The van der Waals surface area contributed by atoms with Crippen LogP contribution < -0.4 is 0 Å². The molecule has 0 saturated heterocycles. The number of rotatable bonds is 2. The lowest BCUT2D eigenvalue weighted by molar-refractivity contribution is 0.506. The Morgan fingerprint density at radius 2 is 1.83 bits per heavy atom. The van der Waals surface area contributed by atoms with Crippen molar-refractivity contribution in [3.63, 3.8) is 0 Å². The monoisotopic (exact) mass is 162 g/mol. The summed E-state index contributed by atoms with van der Waals surface area (Å²) in [6.07, 6.45) is 1.84. The molecule has 64 valence electrons. The van der Waals surface area contributed by atoms with Gasteiger partial charge in [-0.15, -0.1) is 0 Å². The minimum absolute atomic E-state index is 0.366. The molecule has 1 aromatic rings. The summed E-state index contributed by atoms with van der Waals surface area (Å²) in [6, 6.07) is 9.56. The van der Waals surface area contributed by atoms with Gasteiger partial charge in [-0.05, 0) is 12.0 Å². The SMILES string of the molecule is CC(C)/C=C(/O)c1ccccc1. The quantitative estimate of drug-likeness (QED) is 0.662. The topological polar surface area (TPSA) is 20.2 Å². The van der Waals surface area contributed by atoms with Crippen LogP contribution in [0.25, 0.3) is 5.76 Å². The third-order valence-electron chi connectivity index (χ3n) is 1.56. The lowest BCUT2D eigenvalue weighted by atomic mass is 10.1. The number of hydrogen-bond donors (Lipinski definition) is 1. The van der Waals surface area contributed by atoms with Crippen molar-refractivity contribution in [3.8, 4) is 0 Å². The zero-order valence-electron chi connectivity index (χ0n) is 7.49. The van der Waals surface area contributed by atoms with Gasteiger partial charge in [0.2, 0.25) is 0 Å². The van der Waals surface area contributed by atoms with E-state index in [1.165, 1.54) is 0 Å². The molecule has 0 spiro atoms. The van der Waals surface area contributed by atoms with Crippen molar-refractivity contribution in [1.29, 1.82) is 0 Å². The third kappa shape index (κ3) is 2.42. The highest BCUT2D eigenvalue weighted by Crippen LogP contribution is 2.12. The number of aliphatic hydroxyl groups is 1. The predicted molar refractivity (Wildman–Crippen MR) is 51.9 cm³/mol. The number of benzene rings is 1. The predicted octanol–water partition coefficient (Wildman–Crippen LogP) is 3.24. The maximum atomic E-state index is 9.55. The van der Waals surface area contributed by atoms with Crippen LogP contribution in [0.2, 0.25) is 0 Å². The molecule has 0 radical (unpaired) electrons. The highest BCUT2D eigenvalue weighted by atomic mass is 16.3. The Balaban J connectivity index is 2.85. The number of allylic oxidation sites excluding steroid dienone is 1. The molecular formula is C11H14O. The van der Waals surface area contributed by atoms with Gasteiger partial charge >= 0.3 is 0 Å². The summed E-state index contributed by atoms with van der Waals surface area (Å²) < 4.78 is 0. The fourth-order valence-electron chi connectivity index (χ4n) is 1.02. The van der Waals surface area contributed by atoms with Crippen LogP contribution in [0.3, 0.4) is 0 Å². The van der Waals surface area contributed by atoms with Crippen LogP contribution in [0.5, 0.6) is 0 Å². The molecule has 0 amide bonds. The van der Waals surface area contributed by atoms with E-state index in [0.717, 1.165) is 5.56 Å². The second kappa shape index (κ2) is 3.96. The summed E-state index contributed by atoms with van der Waals surface area (Å²) in [7, 11) is 0. The molecule has 1 rings (SSSR count). The van der Waals surface area contributed by atoms with Crippen LogP contribution in [-0.2, 0) is 0 Å². The Morgan fingerprint density at radius 1 is 1.25 bits per heavy atom. The van der Waals surface area contributed by atoms with Crippen LogP contribution in [0.15, 0.2) is 36.4 Å². The van der Waals surface area contributed by atoms with Gasteiger partial charge in [0, 0.05) is 5.56 Å². The molecule has 0 fully saturated rings. The van der Waals surface area contributed by atoms with Gasteiger partial charge in [-0.25, -0.2) is 0 Å². The molecule has 0 aromatic heterocycles. The van der Waals surface area contributed by atoms with Gasteiger partial charge in [-0.1, -0.05) is 44.2 Å². The smallest absolute Gasteiger partial charge is 0.119 e. The zero-order valence-corrected chi connectivity index (χ0v) is 7.49. The maximum absolute atomic E-state index is 9.55. The largest absolute Gasteiger partial charge is 0.508 e. The van der Waals surface area contributed by atoms with E-state index in [-0.39, 0.29) is 0 Å². The summed E-state index contributed by atoms with van der Waals surface area (Å²) in [5.74, 6) is 0.746. The first-order valence-corrected chi connectivity index (χ1v) is 4.16. The second-order valence-corrected chi connectivity index (χ2v) is 3.16. The van der Waals surface area contributed by atoms with E-state index < -0.39 is 0 Å². The van der Waals surface area contributed by atoms with Crippen molar-refractivity contribution < 1.29 is 5.11 Å². The van der Waals surface area contributed by atoms with Crippen molar-refractivity contribution in [3.05, 3.63) is 42.0 Å². The van der Waals surface area contributed by atoms with E-state index in [1.807, 2.05) is 50.3 Å². The van der Waals surface area contributed by atoms with Crippen LogP contribution in [-0.4, -0.2) is 5.11 Å². The third-order valence-corrected chi connectivity index (χ3v) is 1.56. The van der Waals surface area contributed by atoms with E-state index in [9.17, 15) is 5.11 Å². The van der Waals surface area contributed by atoms with E-state index in [4.69, 9.17) is 0 Å². The fraction of sp³-hybridized carbons (Fsp3) is 0.273. The molecule has 0 aliphatic rings. The Bertz CT molecular complexity index is 260. The summed E-state index contributed by atoms with van der Waals surface area (Å²) in [4.78, 5) is 0. The van der Waals surface area contributed by atoms with E-state index in [0.29, 0.717) is 11.7 Å². The van der Waals surface area contributed by atoms with Crippen LogP contribution in [0, 0.1) is 5.92 Å². The molecular weight excluding hydrogens is 148 g/mol. The highest BCUT2D eigenvalue weighted by molar-refractivity contribution is 5.58. The Labute approximate surface area is 73.4 Å². The fourth-order valence-corrected chi connectivity index (χ4v) is 1.02. The summed E-state index contributed by atoms with van der Waals surface area (Å²) in [5, 5.41) is 9.55. The molecule has 0 aliphatic heterocycles. The van der Waals surface area contributed by atoms with Crippen molar-refractivity contribution in [2.75, 3.05) is 0 Å². The first kappa shape index (κ1) is 8.85. The molecule has 12 heavy (non-hydrogen) atoms. The van der Waals surface area contributed by atoms with Gasteiger partial charge in [0.05, 0.1) is 0 Å². The van der Waals surface area contributed by atoms with Gasteiger partial charge in [0.15, 0.2) is 0 Å². The minimum Gasteiger partial charge on any atom is -0.508 e. The molecule has 0 saturated carbocycles. The van der Waals surface area contributed by atoms with Crippen molar-refractivity contribution in [1.82, 2.24) is 0 Å². The van der Waals surface area contributed by atoms with Gasteiger partial charge in [0.1, 0.15) is 5.76 Å². The standard InChI is InChI=1S/C11H14O/c1-9(2)8-11(12)10-6-4-3-5-7-10/h3-9,12H,1-2H3/b11-8+. The molecule has 1 heteroatoms. The van der Waals surface area contributed by atoms with Crippen LogP contribution in [0.1, 0.15) is 19.4 Å². The average molecular weight is 162 g/mol. The van der Waals surface area contributed by atoms with Crippen molar-refractivity contribution in [2.24, 2.45) is 5.92 Å². The minimum atomic E-state index is 0.366. The first-order valence-electron chi connectivity index (χ1n) is 4.16. The maximum Gasteiger partial charge on any atom is 0.119 e. The lowest BCUT2D eigenvalue weighted by Gasteiger charge is -2.01. The van der Waals surface area contributed by atoms with Crippen molar-refractivity contribution >= 4 is 5.76 Å². The van der Waals surface area contributed by atoms with E-state index in [2.05, 4.69) is 0 Å². The van der Waals surface area contributed by atoms with Crippen molar-refractivity contribution in [2.45, 2.75) is 13.8 Å². The Hall–Kier alpha value is -1.24. The molecule has 1 nitrogen and oxygen atoms in total. The van der Waals surface area contributed by atoms with Crippen LogP contribution in [0.4, 0.5) is 0 Å².